The molecule has 1 heterocycles. The van der Waals surface area contributed by atoms with E-state index in [0.29, 0.717) is 0 Å². The lowest BCUT2D eigenvalue weighted by atomic mass is 10.0. The summed E-state index contributed by atoms with van der Waals surface area (Å²) in [5.74, 6) is 0. The third-order valence-corrected chi connectivity index (χ3v) is 4.11. The molecule has 0 saturated carbocycles. The van der Waals surface area contributed by atoms with Gasteiger partial charge in [-0.05, 0) is 52.5 Å². The van der Waals surface area contributed by atoms with Crippen LogP contribution in [-0.2, 0) is 0 Å². The fourth-order valence-electron chi connectivity index (χ4n) is 2.44. The molecule has 0 spiro atoms. The number of aryl methyl sites for hydroxylation is 2. The van der Waals surface area contributed by atoms with E-state index in [0.717, 1.165) is 30.8 Å². The Morgan fingerprint density at radius 2 is 1.72 bits per heavy atom. The Kier molecular flexibility index (Phi) is 9.46. The minimum atomic E-state index is 0.911. The molecule has 0 bridgehead atoms. The smallest absolute Gasteiger partial charge is 0.0183 e. The lowest BCUT2D eigenvalue weighted by molar-refractivity contribution is 0.671. The average Bonchev–Trinajstić information content (AvgIpc) is 2.57. The van der Waals surface area contributed by atoms with Crippen molar-refractivity contribution in [2.24, 2.45) is 0 Å². The molecule has 0 aromatic heterocycles. The molecule has 1 aliphatic rings. The summed E-state index contributed by atoms with van der Waals surface area (Å²) in [6, 6.07) is 8.48. The zero-order valence-corrected chi connectivity index (χ0v) is 16.4. The summed E-state index contributed by atoms with van der Waals surface area (Å²) in [4.78, 5) is 0. The summed E-state index contributed by atoms with van der Waals surface area (Å²) in [7, 11) is 0. The number of allylic oxidation sites excluding steroid dienone is 5. The van der Waals surface area contributed by atoms with Crippen molar-refractivity contribution >= 4 is 0 Å². The minimum Gasteiger partial charge on any atom is -0.389 e. The molecule has 0 amide bonds. The predicted molar refractivity (Wildman–Crippen MR) is 112 cm³/mol. The van der Waals surface area contributed by atoms with Crippen LogP contribution in [0.15, 0.2) is 72.1 Å². The lowest BCUT2D eigenvalue weighted by Crippen LogP contribution is -2.19. The monoisotopic (exact) mass is 338 g/mol. The average molecular weight is 339 g/mol. The van der Waals surface area contributed by atoms with Crippen LogP contribution in [0.25, 0.3) is 0 Å². The highest BCUT2D eigenvalue weighted by Gasteiger charge is 2.04. The molecule has 2 heteroatoms. The van der Waals surface area contributed by atoms with Crippen molar-refractivity contribution in [2.75, 3.05) is 13.1 Å². The molecule has 136 valence electrons. The van der Waals surface area contributed by atoms with Gasteiger partial charge in [-0.25, -0.2) is 0 Å². The van der Waals surface area contributed by atoms with E-state index in [9.17, 15) is 0 Å². The van der Waals surface area contributed by atoms with Gasteiger partial charge in [0.1, 0.15) is 0 Å². The molecule has 25 heavy (non-hydrogen) atoms. The molecule has 1 aromatic rings. The van der Waals surface area contributed by atoms with E-state index in [2.05, 4.69) is 81.0 Å². The summed E-state index contributed by atoms with van der Waals surface area (Å²) in [6.45, 7) is 18.2. The molecule has 0 atom stereocenters. The van der Waals surface area contributed by atoms with Crippen LogP contribution in [-0.4, -0.2) is 13.1 Å². The molecule has 0 unspecified atom stereocenters. The van der Waals surface area contributed by atoms with Gasteiger partial charge in [0.15, 0.2) is 0 Å². The van der Waals surface area contributed by atoms with Crippen LogP contribution in [0.2, 0.25) is 0 Å². The first kappa shape index (κ1) is 20.8. The second-order valence-corrected chi connectivity index (χ2v) is 6.78. The van der Waals surface area contributed by atoms with Gasteiger partial charge in [-0.2, -0.15) is 0 Å². The maximum absolute atomic E-state index is 4.06. The Morgan fingerprint density at radius 1 is 1.12 bits per heavy atom. The van der Waals surface area contributed by atoms with E-state index in [1.807, 2.05) is 6.92 Å². The highest BCUT2D eigenvalue weighted by atomic mass is 14.9. The van der Waals surface area contributed by atoms with Crippen LogP contribution in [0.1, 0.15) is 44.2 Å². The van der Waals surface area contributed by atoms with Crippen molar-refractivity contribution in [3.05, 3.63) is 83.2 Å². The van der Waals surface area contributed by atoms with Crippen LogP contribution in [0.3, 0.4) is 0 Å². The first-order chi connectivity index (χ1) is 11.9. The summed E-state index contributed by atoms with van der Waals surface area (Å²) >= 11 is 0. The number of hydrogen-bond donors (Lipinski definition) is 2. The normalized spacial score (nSPS) is 13.8. The van der Waals surface area contributed by atoms with Gasteiger partial charge in [0.25, 0.3) is 0 Å². The topological polar surface area (TPSA) is 24.1 Å². The molecule has 0 radical (unpaired) electrons. The zero-order chi connectivity index (χ0) is 18.7. The quantitative estimate of drug-likeness (QED) is 0.662. The minimum absolute atomic E-state index is 0.911. The van der Waals surface area contributed by atoms with Gasteiger partial charge in [0, 0.05) is 24.5 Å². The highest BCUT2D eigenvalue weighted by Crippen LogP contribution is 2.16. The zero-order valence-electron chi connectivity index (χ0n) is 16.4. The Balaban J connectivity index is 0.000000324. The number of nitrogens with one attached hydrogen (secondary N) is 2. The van der Waals surface area contributed by atoms with E-state index < -0.39 is 0 Å². The first-order valence-electron chi connectivity index (χ1n) is 9.10. The van der Waals surface area contributed by atoms with Crippen molar-refractivity contribution < 1.29 is 0 Å². The van der Waals surface area contributed by atoms with Crippen molar-refractivity contribution in [2.45, 2.75) is 47.0 Å². The Bertz CT molecular complexity index is 597. The maximum Gasteiger partial charge on any atom is 0.0183 e. The molecular formula is C23H34N2. The standard InChI is InChI=1S/C15H24N2.C8H10/c1-12(2)16-11-9-13(3)7-8-15-6-5-10-17-14(15)4;1-7-3-5-8(2)6-4-7/h7-8,16-17H,1,3,5-6,9-11H2,2,4H3;3-6H,1-2H3/b8-7-;. The van der Waals surface area contributed by atoms with Crippen LogP contribution >= 0.6 is 0 Å². The number of benzene rings is 1. The molecule has 0 fully saturated rings. The largest absolute Gasteiger partial charge is 0.389 e. The summed E-state index contributed by atoms with van der Waals surface area (Å²) in [5, 5.41) is 6.60. The summed E-state index contributed by atoms with van der Waals surface area (Å²) in [6.07, 6.45) is 7.69. The van der Waals surface area contributed by atoms with Gasteiger partial charge in [0.2, 0.25) is 0 Å². The van der Waals surface area contributed by atoms with E-state index >= 15 is 0 Å². The van der Waals surface area contributed by atoms with E-state index in [1.54, 1.807) is 0 Å². The first-order valence-corrected chi connectivity index (χ1v) is 9.10. The van der Waals surface area contributed by atoms with Gasteiger partial charge >= 0.3 is 0 Å². The molecule has 2 rings (SSSR count). The van der Waals surface area contributed by atoms with Crippen molar-refractivity contribution in [3.63, 3.8) is 0 Å². The molecule has 0 aliphatic carbocycles. The Hall–Kier alpha value is -2.22. The molecule has 2 nitrogen and oxygen atoms in total. The molecule has 0 saturated heterocycles. The second kappa shape index (κ2) is 11.4. The Morgan fingerprint density at radius 3 is 2.24 bits per heavy atom. The van der Waals surface area contributed by atoms with Crippen LogP contribution in [0.5, 0.6) is 0 Å². The highest BCUT2D eigenvalue weighted by molar-refractivity contribution is 5.30. The molecule has 2 N–H and O–H groups in total. The van der Waals surface area contributed by atoms with Crippen molar-refractivity contribution in [1.29, 1.82) is 0 Å². The van der Waals surface area contributed by atoms with Crippen molar-refractivity contribution in [3.8, 4) is 0 Å². The van der Waals surface area contributed by atoms with Gasteiger partial charge in [0.05, 0.1) is 0 Å². The predicted octanol–water partition coefficient (Wildman–Crippen LogP) is 5.57. The van der Waals surface area contributed by atoms with E-state index in [4.69, 9.17) is 0 Å². The van der Waals surface area contributed by atoms with E-state index in [1.165, 1.54) is 35.2 Å². The molecule has 1 aliphatic heterocycles. The molecular weight excluding hydrogens is 304 g/mol. The van der Waals surface area contributed by atoms with Crippen LogP contribution < -0.4 is 10.6 Å². The third-order valence-electron chi connectivity index (χ3n) is 4.11. The summed E-state index contributed by atoms with van der Waals surface area (Å²) in [5.41, 5.74) is 7.54. The van der Waals surface area contributed by atoms with Crippen molar-refractivity contribution in [1.82, 2.24) is 10.6 Å². The number of rotatable bonds is 6. The van der Waals surface area contributed by atoms with Gasteiger partial charge in [-0.1, -0.05) is 66.3 Å². The molecule has 1 aromatic carbocycles. The SMILES string of the molecule is C=C(/C=C\C1=C(C)NCCC1)CCNC(=C)C.Cc1ccc(C)cc1. The second-order valence-electron chi connectivity index (χ2n) is 6.78. The fourth-order valence-corrected chi connectivity index (χ4v) is 2.44. The third kappa shape index (κ3) is 9.61. The van der Waals surface area contributed by atoms with Crippen LogP contribution in [0.4, 0.5) is 0 Å². The van der Waals surface area contributed by atoms with Crippen LogP contribution in [0, 0.1) is 13.8 Å². The van der Waals surface area contributed by atoms with Gasteiger partial charge in [-0.15, -0.1) is 0 Å². The fraction of sp³-hybridized carbons (Fsp3) is 0.391. The summed E-state index contributed by atoms with van der Waals surface area (Å²) < 4.78 is 0. The van der Waals surface area contributed by atoms with Gasteiger partial charge < -0.3 is 10.6 Å². The Labute approximate surface area is 154 Å². The van der Waals surface area contributed by atoms with E-state index in [-0.39, 0.29) is 0 Å². The maximum atomic E-state index is 4.06. The number of hydrogen-bond acceptors (Lipinski definition) is 2. The van der Waals surface area contributed by atoms with Gasteiger partial charge in [-0.3, -0.25) is 0 Å². The lowest BCUT2D eigenvalue weighted by Gasteiger charge is -2.17.